The molecule has 0 saturated heterocycles. The van der Waals surface area contributed by atoms with E-state index in [9.17, 15) is 9.59 Å². The van der Waals surface area contributed by atoms with Gasteiger partial charge in [-0.05, 0) is 57.0 Å². The van der Waals surface area contributed by atoms with Crippen molar-refractivity contribution in [2.24, 2.45) is 0 Å². The third-order valence-corrected chi connectivity index (χ3v) is 6.78. The summed E-state index contributed by atoms with van der Waals surface area (Å²) in [7, 11) is 1.65. The zero-order chi connectivity index (χ0) is 25.3. The number of benzene rings is 1. The summed E-state index contributed by atoms with van der Waals surface area (Å²) in [6.07, 6.45) is 7.90. The van der Waals surface area contributed by atoms with E-state index in [0.29, 0.717) is 42.3 Å². The van der Waals surface area contributed by atoms with Crippen LogP contribution in [0.1, 0.15) is 62.3 Å². The van der Waals surface area contributed by atoms with Crippen LogP contribution in [0.3, 0.4) is 0 Å². The Labute approximate surface area is 206 Å². The van der Waals surface area contributed by atoms with Gasteiger partial charge in [-0.2, -0.15) is 0 Å². The van der Waals surface area contributed by atoms with Gasteiger partial charge in [0, 0.05) is 42.0 Å². The third-order valence-electron chi connectivity index (χ3n) is 6.78. The average molecular weight is 473 g/mol. The molecule has 1 aliphatic heterocycles. The van der Waals surface area contributed by atoms with E-state index in [4.69, 9.17) is 14.6 Å². The lowest BCUT2D eigenvalue weighted by Gasteiger charge is -2.36. The van der Waals surface area contributed by atoms with E-state index >= 15 is 0 Å². The summed E-state index contributed by atoms with van der Waals surface area (Å²) in [4.78, 5) is 28.3. The Hall–Kier alpha value is -3.67. The number of carbonyl (C=O) groups excluding carboxylic acids is 2. The maximum Gasteiger partial charge on any atom is 0.165 e. The molecular formula is C29H32N2O4. The molecule has 2 heterocycles. The number of hydrogen-bond acceptors (Lipinski definition) is 6. The Morgan fingerprint density at radius 3 is 2.69 bits per heavy atom. The highest BCUT2D eigenvalue weighted by atomic mass is 16.5. The van der Waals surface area contributed by atoms with Crippen LogP contribution in [0.2, 0.25) is 0 Å². The Bertz CT molecular complexity index is 1290. The summed E-state index contributed by atoms with van der Waals surface area (Å²) in [5, 5.41) is 7.97. The van der Waals surface area contributed by atoms with E-state index in [1.807, 2.05) is 50.3 Å². The number of furan rings is 1. The number of nitrogens with zero attached hydrogens (tertiary/aromatic N) is 1. The number of hydrogen-bond donors (Lipinski definition) is 1. The lowest BCUT2D eigenvalue weighted by atomic mass is 9.72. The summed E-state index contributed by atoms with van der Waals surface area (Å²) >= 11 is 0. The first kappa shape index (κ1) is 24.5. The molecule has 0 spiro atoms. The first-order valence-corrected chi connectivity index (χ1v) is 11.9. The van der Waals surface area contributed by atoms with Crippen molar-refractivity contribution in [3.05, 3.63) is 76.3 Å². The number of Topliss-reactive ketones (excluding diaryl/α,β-unsaturated/α-hetero) is 2. The lowest BCUT2D eigenvalue weighted by molar-refractivity contribution is -0.129. The molecule has 6 heteroatoms. The molecule has 0 amide bonds. The van der Waals surface area contributed by atoms with Crippen LogP contribution in [0.15, 0.2) is 52.5 Å². The number of carbonyl (C=O) groups is 2. The smallest absolute Gasteiger partial charge is 0.165 e. The number of methoxy groups -OCH3 is 1. The Balaban J connectivity index is 1.83. The number of rotatable bonds is 7. The van der Waals surface area contributed by atoms with Gasteiger partial charge in [-0.1, -0.05) is 30.4 Å². The van der Waals surface area contributed by atoms with Crippen molar-refractivity contribution in [1.29, 1.82) is 5.41 Å². The quantitative estimate of drug-likeness (QED) is 0.425. The van der Waals surface area contributed by atoms with Crippen molar-refractivity contribution in [2.45, 2.75) is 52.5 Å². The number of ether oxygens (including phenoxy) is 1. The molecule has 0 radical (unpaired) electrons. The van der Waals surface area contributed by atoms with E-state index in [2.05, 4.69) is 11.0 Å². The molecule has 1 aliphatic carbocycles. The Kier molecular flexibility index (Phi) is 6.66. The first-order valence-electron chi connectivity index (χ1n) is 11.9. The van der Waals surface area contributed by atoms with E-state index < -0.39 is 5.41 Å². The Morgan fingerprint density at radius 1 is 1.26 bits per heavy atom. The maximum atomic E-state index is 13.7. The van der Waals surface area contributed by atoms with Crippen LogP contribution in [0.25, 0.3) is 11.8 Å². The predicted molar refractivity (Wildman–Crippen MR) is 138 cm³/mol. The van der Waals surface area contributed by atoms with Crippen LogP contribution in [0.4, 0.5) is 0 Å². The highest BCUT2D eigenvalue weighted by molar-refractivity contribution is 6.14. The number of nitrogens with one attached hydrogen (secondary N) is 1. The van der Waals surface area contributed by atoms with E-state index in [-0.39, 0.29) is 18.0 Å². The van der Waals surface area contributed by atoms with Gasteiger partial charge in [-0.25, -0.2) is 0 Å². The van der Waals surface area contributed by atoms with Crippen molar-refractivity contribution in [1.82, 2.24) is 4.90 Å². The molecule has 1 unspecified atom stereocenters. The van der Waals surface area contributed by atoms with Crippen LogP contribution in [0, 0.1) is 5.41 Å². The second-order valence-electron chi connectivity index (χ2n) is 9.32. The van der Waals surface area contributed by atoms with Gasteiger partial charge in [0.15, 0.2) is 11.6 Å². The van der Waals surface area contributed by atoms with Gasteiger partial charge in [0.1, 0.15) is 22.7 Å². The fourth-order valence-electron chi connectivity index (χ4n) is 5.06. The summed E-state index contributed by atoms with van der Waals surface area (Å²) in [6, 6.07) is 7.92. The molecule has 0 saturated carbocycles. The van der Waals surface area contributed by atoms with Gasteiger partial charge in [0.25, 0.3) is 0 Å². The van der Waals surface area contributed by atoms with E-state index in [1.54, 1.807) is 27.0 Å². The lowest BCUT2D eigenvalue weighted by Crippen LogP contribution is -2.46. The summed E-state index contributed by atoms with van der Waals surface area (Å²) < 4.78 is 11.8. The van der Waals surface area contributed by atoms with Crippen LogP contribution in [-0.4, -0.2) is 35.8 Å². The Morgan fingerprint density at radius 2 is 2.03 bits per heavy atom. The SMILES string of the molecule is CC=Cc1cc(C2(CN3Cc4ccc(OC)cc4C3=CC)C=C(C)C(=O)CC2=O)oc1CC(C)=N. The summed E-state index contributed by atoms with van der Waals surface area (Å²) in [5.74, 6) is 1.63. The molecule has 182 valence electrons. The van der Waals surface area contributed by atoms with Crippen molar-refractivity contribution in [2.75, 3.05) is 13.7 Å². The predicted octanol–water partition coefficient (Wildman–Crippen LogP) is 5.51. The molecular weight excluding hydrogens is 440 g/mol. The average Bonchev–Trinajstić information content (AvgIpc) is 3.37. The van der Waals surface area contributed by atoms with Gasteiger partial charge in [-0.3, -0.25) is 9.59 Å². The summed E-state index contributed by atoms with van der Waals surface area (Å²) in [6.45, 7) is 8.40. The standard InChI is InChI=1S/C29H32N2O4/c1-6-8-20-12-28(35-26(20)11-19(4)30)29(15-18(3)25(32)14-27(29)33)17-31-16-21-9-10-22(34-5)13-23(21)24(31)7-2/h6-10,12-13,15,30H,11,14,16-17H2,1-5H3. The largest absolute Gasteiger partial charge is 0.497 e. The molecule has 2 aromatic rings. The monoisotopic (exact) mass is 472 g/mol. The minimum Gasteiger partial charge on any atom is -0.497 e. The molecule has 35 heavy (non-hydrogen) atoms. The fourth-order valence-corrected chi connectivity index (χ4v) is 5.06. The molecule has 0 bridgehead atoms. The molecule has 2 aliphatic rings. The number of allylic oxidation sites excluding steroid dienone is 3. The highest BCUT2D eigenvalue weighted by Gasteiger charge is 2.47. The first-order chi connectivity index (χ1) is 16.7. The molecule has 1 atom stereocenters. The minimum absolute atomic E-state index is 0.151. The van der Waals surface area contributed by atoms with Crippen LogP contribution < -0.4 is 4.74 Å². The number of ketones is 2. The second kappa shape index (κ2) is 9.53. The van der Waals surface area contributed by atoms with Crippen molar-refractivity contribution >= 4 is 29.1 Å². The zero-order valence-corrected chi connectivity index (χ0v) is 21.0. The van der Waals surface area contributed by atoms with Crippen LogP contribution in [0.5, 0.6) is 5.75 Å². The maximum absolute atomic E-state index is 13.7. The van der Waals surface area contributed by atoms with E-state index in [0.717, 1.165) is 28.1 Å². The van der Waals surface area contributed by atoms with Gasteiger partial charge >= 0.3 is 0 Å². The fraction of sp³-hybridized carbons (Fsp3) is 0.345. The summed E-state index contributed by atoms with van der Waals surface area (Å²) in [5.41, 5.74) is 4.04. The normalized spacial score (nSPS) is 21.1. The van der Waals surface area contributed by atoms with Gasteiger partial charge < -0.3 is 19.5 Å². The highest BCUT2D eigenvalue weighted by Crippen LogP contribution is 2.42. The minimum atomic E-state index is -1.11. The van der Waals surface area contributed by atoms with Crippen molar-refractivity contribution < 1.29 is 18.7 Å². The van der Waals surface area contributed by atoms with Crippen molar-refractivity contribution in [3.8, 4) is 5.75 Å². The van der Waals surface area contributed by atoms with Gasteiger partial charge in [0.05, 0.1) is 13.5 Å². The molecule has 1 N–H and O–H groups in total. The third kappa shape index (κ3) is 4.41. The molecule has 1 aromatic carbocycles. The molecule has 4 rings (SSSR count). The van der Waals surface area contributed by atoms with Gasteiger partial charge in [0.2, 0.25) is 0 Å². The van der Waals surface area contributed by atoms with Crippen LogP contribution in [-0.2, 0) is 28.0 Å². The molecule has 6 nitrogen and oxygen atoms in total. The zero-order valence-electron chi connectivity index (χ0n) is 21.0. The number of fused-ring (bicyclic) bond motifs is 1. The molecule has 1 aromatic heterocycles. The topological polar surface area (TPSA) is 83.6 Å². The van der Waals surface area contributed by atoms with E-state index in [1.165, 1.54) is 0 Å². The second-order valence-corrected chi connectivity index (χ2v) is 9.32. The van der Waals surface area contributed by atoms with Crippen LogP contribution >= 0.6 is 0 Å². The molecule has 0 fully saturated rings. The van der Waals surface area contributed by atoms with Crippen molar-refractivity contribution in [3.63, 3.8) is 0 Å². The van der Waals surface area contributed by atoms with Gasteiger partial charge in [-0.15, -0.1) is 0 Å².